The number of hydrogen-bond donors (Lipinski definition) is 2. The molecule has 1 atom stereocenters. The molecule has 0 aliphatic carbocycles. The van der Waals surface area contributed by atoms with Crippen LogP contribution in [0.1, 0.15) is 32.4 Å². The van der Waals surface area contributed by atoms with Gasteiger partial charge in [0.2, 0.25) is 0 Å². The van der Waals surface area contributed by atoms with Crippen LogP contribution in [-0.4, -0.2) is 27.3 Å². The smallest absolute Gasteiger partial charge is 0.325 e. The fraction of sp³-hybridized carbons (Fsp3) is 0.500. The number of rotatable bonds is 4. The number of hydrogen-bond acceptors (Lipinski definition) is 4. The van der Waals surface area contributed by atoms with Gasteiger partial charge in [-0.15, -0.1) is 5.10 Å². The lowest BCUT2D eigenvalue weighted by Gasteiger charge is -2.09. The molecule has 0 aromatic carbocycles. The summed E-state index contributed by atoms with van der Waals surface area (Å²) in [4.78, 5) is 10.6. The van der Waals surface area contributed by atoms with Crippen LogP contribution in [0.2, 0.25) is 0 Å². The minimum Gasteiger partial charge on any atom is -0.480 e. The van der Waals surface area contributed by atoms with E-state index in [-0.39, 0.29) is 0 Å². The van der Waals surface area contributed by atoms with Gasteiger partial charge in [0.05, 0.1) is 5.69 Å². The Labute approximate surface area is 88.5 Å². The first kappa shape index (κ1) is 11.4. The van der Waals surface area contributed by atoms with Crippen LogP contribution in [0.4, 0.5) is 5.82 Å². The van der Waals surface area contributed by atoms with Crippen molar-refractivity contribution >= 4 is 11.8 Å². The molecular formula is C10H15N3O2. The Bertz CT molecular complexity index is 335. The van der Waals surface area contributed by atoms with Crippen LogP contribution in [0, 0.1) is 0 Å². The maximum absolute atomic E-state index is 10.6. The normalized spacial score (nSPS) is 12.5. The molecule has 82 valence electrons. The first-order valence-corrected chi connectivity index (χ1v) is 4.83. The summed E-state index contributed by atoms with van der Waals surface area (Å²) in [6.45, 7) is 5.61. The number of aliphatic carboxylic acids is 1. The third kappa shape index (κ3) is 3.19. The summed E-state index contributed by atoms with van der Waals surface area (Å²) in [5, 5.41) is 19.3. The molecule has 0 aliphatic rings. The fourth-order valence-corrected chi connectivity index (χ4v) is 1.01. The Morgan fingerprint density at radius 3 is 2.40 bits per heavy atom. The van der Waals surface area contributed by atoms with Crippen molar-refractivity contribution in [2.45, 2.75) is 32.7 Å². The van der Waals surface area contributed by atoms with Gasteiger partial charge in [0.1, 0.15) is 11.9 Å². The molecule has 0 saturated carbocycles. The van der Waals surface area contributed by atoms with Crippen molar-refractivity contribution in [1.82, 2.24) is 10.2 Å². The molecule has 0 fully saturated rings. The van der Waals surface area contributed by atoms with Gasteiger partial charge in [-0.2, -0.15) is 5.10 Å². The van der Waals surface area contributed by atoms with Crippen molar-refractivity contribution in [2.75, 3.05) is 5.32 Å². The Kier molecular flexibility index (Phi) is 3.60. The van der Waals surface area contributed by atoms with Crippen molar-refractivity contribution in [2.24, 2.45) is 0 Å². The van der Waals surface area contributed by atoms with Gasteiger partial charge in [0.25, 0.3) is 0 Å². The van der Waals surface area contributed by atoms with Crippen molar-refractivity contribution in [3.63, 3.8) is 0 Å². The van der Waals surface area contributed by atoms with Gasteiger partial charge < -0.3 is 10.4 Å². The van der Waals surface area contributed by atoms with Gasteiger partial charge in [0.15, 0.2) is 0 Å². The monoisotopic (exact) mass is 209 g/mol. The molecule has 15 heavy (non-hydrogen) atoms. The van der Waals surface area contributed by atoms with Gasteiger partial charge in [-0.1, -0.05) is 13.8 Å². The van der Waals surface area contributed by atoms with Crippen molar-refractivity contribution in [1.29, 1.82) is 0 Å². The van der Waals surface area contributed by atoms with E-state index < -0.39 is 12.0 Å². The zero-order chi connectivity index (χ0) is 11.4. The fourth-order valence-electron chi connectivity index (χ4n) is 1.01. The molecular weight excluding hydrogens is 194 g/mol. The third-order valence-corrected chi connectivity index (χ3v) is 2.01. The maximum atomic E-state index is 10.6. The number of carboxylic acid groups (broad SMARTS) is 1. The molecule has 0 radical (unpaired) electrons. The SMILES string of the molecule is CC(Nc1ccc(C(C)C)nn1)C(=O)O. The van der Waals surface area contributed by atoms with Crippen LogP contribution in [0.5, 0.6) is 0 Å². The predicted molar refractivity (Wildman–Crippen MR) is 56.8 cm³/mol. The Morgan fingerprint density at radius 2 is 2.00 bits per heavy atom. The summed E-state index contributed by atoms with van der Waals surface area (Å²) in [6.07, 6.45) is 0. The van der Waals surface area contributed by atoms with Crippen molar-refractivity contribution in [3.8, 4) is 0 Å². The van der Waals surface area contributed by atoms with E-state index in [0.29, 0.717) is 11.7 Å². The Hall–Kier alpha value is -1.65. The largest absolute Gasteiger partial charge is 0.480 e. The molecule has 2 N–H and O–H groups in total. The summed E-state index contributed by atoms with van der Waals surface area (Å²) in [5.41, 5.74) is 0.892. The average Bonchev–Trinajstić information content (AvgIpc) is 2.18. The molecule has 0 amide bonds. The molecule has 0 spiro atoms. The predicted octanol–water partition coefficient (Wildman–Crippen LogP) is 1.48. The zero-order valence-corrected chi connectivity index (χ0v) is 9.06. The lowest BCUT2D eigenvalue weighted by atomic mass is 10.1. The molecule has 1 aromatic rings. The van der Waals surface area contributed by atoms with Gasteiger partial charge in [0, 0.05) is 0 Å². The summed E-state index contributed by atoms with van der Waals surface area (Å²) >= 11 is 0. The van der Waals surface area contributed by atoms with E-state index in [1.807, 2.05) is 19.9 Å². The highest BCUT2D eigenvalue weighted by atomic mass is 16.4. The molecule has 1 unspecified atom stereocenters. The number of anilines is 1. The van der Waals surface area contributed by atoms with Gasteiger partial charge in [-0.05, 0) is 25.0 Å². The second-order valence-corrected chi connectivity index (χ2v) is 3.70. The van der Waals surface area contributed by atoms with Crippen LogP contribution < -0.4 is 5.32 Å². The van der Waals surface area contributed by atoms with Crippen LogP contribution in [-0.2, 0) is 4.79 Å². The minimum atomic E-state index is -0.912. The minimum absolute atomic E-state index is 0.323. The molecule has 0 aliphatic heterocycles. The molecule has 5 nitrogen and oxygen atoms in total. The van der Waals surface area contributed by atoms with Crippen LogP contribution >= 0.6 is 0 Å². The third-order valence-electron chi connectivity index (χ3n) is 2.01. The van der Waals surface area contributed by atoms with E-state index >= 15 is 0 Å². The van der Waals surface area contributed by atoms with Gasteiger partial charge in [-0.3, -0.25) is 4.79 Å². The number of nitrogens with one attached hydrogen (secondary N) is 1. The molecule has 0 saturated heterocycles. The van der Waals surface area contributed by atoms with Crippen LogP contribution in [0.15, 0.2) is 12.1 Å². The second kappa shape index (κ2) is 4.72. The summed E-state index contributed by atoms with van der Waals surface area (Å²) in [5.74, 6) is -0.109. The van der Waals surface area contributed by atoms with Gasteiger partial charge in [-0.25, -0.2) is 0 Å². The molecule has 1 rings (SSSR count). The van der Waals surface area contributed by atoms with E-state index in [9.17, 15) is 4.79 Å². The standard InChI is InChI=1S/C10H15N3O2/c1-6(2)8-4-5-9(13-12-8)11-7(3)10(14)15/h4-7H,1-3H3,(H,11,13)(H,14,15). The van der Waals surface area contributed by atoms with E-state index in [1.54, 1.807) is 13.0 Å². The molecule has 1 aromatic heterocycles. The van der Waals surface area contributed by atoms with Crippen molar-refractivity contribution in [3.05, 3.63) is 17.8 Å². The number of aromatic nitrogens is 2. The summed E-state index contributed by atoms with van der Waals surface area (Å²) in [6, 6.07) is 2.92. The van der Waals surface area contributed by atoms with Gasteiger partial charge >= 0.3 is 5.97 Å². The molecule has 5 heteroatoms. The average molecular weight is 209 g/mol. The Morgan fingerprint density at radius 1 is 1.33 bits per heavy atom. The van der Waals surface area contributed by atoms with Crippen molar-refractivity contribution < 1.29 is 9.90 Å². The topological polar surface area (TPSA) is 75.1 Å². The highest BCUT2D eigenvalue weighted by Crippen LogP contribution is 2.11. The van der Waals surface area contributed by atoms with Crippen LogP contribution in [0.25, 0.3) is 0 Å². The first-order chi connectivity index (χ1) is 7.00. The highest BCUT2D eigenvalue weighted by Gasteiger charge is 2.11. The lowest BCUT2D eigenvalue weighted by molar-refractivity contribution is -0.137. The second-order valence-electron chi connectivity index (χ2n) is 3.70. The summed E-state index contributed by atoms with van der Waals surface area (Å²) in [7, 11) is 0. The number of carboxylic acids is 1. The number of carbonyl (C=O) groups is 1. The van der Waals surface area contributed by atoms with E-state index in [1.165, 1.54) is 0 Å². The molecule has 0 bridgehead atoms. The highest BCUT2D eigenvalue weighted by molar-refractivity contribution is 5.76. The molecule has 1 heterocycles. The maximum Gasteiger partial charge on any atom is 0.325 e. The quantitative estimate of drug-likeness (QED) is 0.785. The number of nitrogens with zero attached hydrogens (tertiary/aromatic N) is 2. The first-order valence-electron chi connectivity index (χ1n) is 4.83. The van der Waals surface area contributed by atoms with Crippen LogP contribution in [0.3, 0.4) is 0 Å². The van der Waals surface area contributed by atoms with E-state index in [4.69, 9.17) is 5.11 Å². The lowest BCUT2D eigenvalue weighted by Crippen LogP contribution is -2.26. The summed E-state index contributed by atoms with van der Waals surface area (Å²) < 4.78 is 0. The zero-order valence-electron chi connectivity index (χ0n) is 9.06. The Balaban J connectivity index is 2.68. The van der Waals surface area contributed by atoms with E-state index in [0.717, 1.165) is 5.69 Å². The van der Waals surface area contributed by atoms with E-state index in [2.05, 4.69) is 15.5 Å².